The van der Waals surface area contributed by atoms with Gasteiger partial charge in [0, 0.05) is 12.1 Å². The Balaban J connectivity index is 2.74. The van der Waals surface area contributed by atoms with E-state index in [2.05, 4.69) is 53.4 Å². The van der Waals surface area contributed by atoms with Gasteiger partial charge in [-0.05, 0) is 57.4 Å². The smallest absolute Gasteiger partial charge is 0.0125 e. The predicted molar refractivity (Wildman–Crippen MR) is 77.3 cm³/mol. The van der Waals surface area contributed by atoms with E-state index in [4.69, 9.17) is 0 Å². The van der Waals surface area contributed by atoms with Crippen molar-refractivity contribution in [2.75, 3.05) is 13.1 Å². The average Bonchev–Trinajstić information content (AvgIpc) is 2.15. The lowest BCUT2D eigenvalue weighted by molar-refractivity contribution is 0.00306. The van der Waals surface area contributed by atoms with Crippen LogP contribution < -0.4 is 0 Å². The van der Waals surface area contributed by atoms with E-state index < -0.39 is 0 Å². The molecule has 0 radical (unpaired) electrons. The van der Waals surface area contributed by atoms with Gasteiger partial charge in [-0.15, -0.1) is 0 Å². The predicted octanol–water partition coefficient (Wildman–Crippen LogP) is 4.57. The zero-order valence-corrected chi connectivity index (χ0v) is 13.1. The Hall–Kier alpha value is -0.0400. The summed E-state index contributed by atoms with van der Waals surface area (Å²) in [5.41, 5.74) is 0.818. The fourth-order valence-corrected chi connectivity index (χ4v) is 3.44. The van der Waals surface area contributed by atoms with Crippen molar-refractivity contribution in [1.29, 1.82) is 0 Å². The summed E-state index contributed by atoms with van der Waals surface area (Å²) in [5, 5.41) is 0. The molecule has 2 atom stereocenters. The summed E-state index contributed by atoms with van der Waals surface area (Å²) in [7, 11) is 0. The maximum absolute atomic E-state index is 2.69. The second-order valence-corrected chi connectivity index (χ2v) is 7.93. The van der Waals surface area contributed by atoms with Gasteiger partial charge in [0.05, 0.1) is 0 Å². The van der Waals surface area contributed by atoms with Gasteiger partial charge < -0.3 is 0 Å². The van der Waals surface area contributed by atoms with Crippen LogP contribution in [0.5, 0.6) is 0 Å². The van der Waals surface area contributed by atoms with E-state index >= 15 is 0 Å². The van der Waals surface area contributed by atoms with E-state index in [1.54, 1.807) is 0 Å². The van der Waals surface area contributed by atoms with Crippen molar-refractivity contribution in [3.8, 4) is 0 Å². The summed E-state index contributed by atoms with van der Waals surface area (Å²) >= 11 is 0. The first-order chi connectivity index (χ1) is 7.66. The van der Waals surface area contributed by atoms with Crippen molar-refractivity contribution in [2.24, 2.45) is 17.3 Å². The zero-order valence-electron chi connectivity index (χ0n) is 13.1. The molecule has 0 aromatic rings. The Bertz CT molecular complexity index is 231. The molecule has 0 saturated carbocycles. The third kappa shape index (κ3) is 3.98. The first kappa shape index (κ1) is 15.0. The lowest BCUT2D eigenvalue weighted by Gasteiger charge is -2.49. The standard InChI is InChI=1S/C16H33N/c1-8-9-13-12-17(16(5,6)7)11-10-14(13)15(2,3)4/h13-14H,8-12H2,1-7H3. The van der Waals surface area contributed by atoms with Crippen LogP contribution in [0, 0.1) is 17.3 Å². The van der Waals surface area contributed by atoms with Crippen LogP contribution in [0.3, 0.4) is 0 Å². The maximum atomic E-state index is 2.69. The highest BCUT2D eigenvalue weighted by molar-refractivity contribution is 4.90. The Morgan fingerprint density at radius 3 is 2.06 bits per heavy atom. The maximum Gasteiger partial charge on any atom is 0.0125 e. The van der Waals surface area contributed by atoms with Crippen molar-refractivity contribution in [3.63, 3.8) is 0 Å². The minimum absolute atomic E-state index is 0.342. The van der Waals surface area contributed by atoms with Gasteiger partial charge in [0.1, 0.15) is 0 Å². The molecule has 0 aromatic carbocycles. The molecule has 1 rings (SSSR count). The van der Waals surface area contributed by atoms with Crippen LogP contribution in [-0.4, -0.2) is 23.5 Å². The molecule has 1 aliphatic heterocycles. The van der Waals surface area contributed by atoms with Crippen LogP contribution in [0.25, 0.3) is 0 Å². The highest BCUT2D eigenvalue weighted by Crippen LogP contribution is 2.41. The Labute approximate surface area is 109 Å². The normalized spacial score (nSPS) is 28.4. The van der Waals surface area contributed by atoms with Crippen LogP contribution in [0.4, 0.5) is 0 Å². The second-order valence-electron chi connectivity index (χ2n) is 7.93. The minimum Gasteiger partial charge on any atom is -0.298 e. The first-order valence-corrected chi connectivity index (χ1v) is 7.41. The van der Waals surface area contributed by atoms with Crippen molar-refractivity contribution < 1.29 is 0 Å². The van der Waals surface area contributed by atoms with Crippen molar-refractivity contribution in [1.82, 2.24) is 4.90 Å². The topological polar surface area (TPSA) is 3.24 Å². The molecule has 1 heteroatoms. The highest BCUT2D eigenvalue weighted by atomic mass is 15.2. The lowest BCUT2D eigenvalue weighted by Crippen LogP contribution is -2.51. The minimum atomic E-state index is 0.342. The summed E-state index contributed by atoms with van der Waals surface area (Å²) in [5.74, 6) is 1.80. The molecule has 2 unspecified atom stereocenters. The number of likely N-dealkylation sites (tertiary alicyclic amines) is 1. The number of nitrogens with zero attached hydrogens (tertiary/aromatic N) is 1. The molecule has 0 amide bonds. The molecule has 1 nitrogen and oxygen atoms in total. The van der Waals surface area contributed by atoms with Crippen molar-refractivity contribution in [2.45, 2.75) is 73.3 Å². The van der Waals surface area contributed by atoms with Gasteiger partial charge in [-0.3, -0.25) is 4.90 Å². The molecule has 1 aliphatic rings. The Morgan fingerprint density at radius 1 is 1.06 bits per heavy atom. The third-order valence-corrected chi connectivity index (χ3v) is 4.45. The van der Waals surface area contributed by atoms with Crippen LogP contribution in [-0.2, 0) is 0 Å². The average molecular weight is 239 g/mol. The molecular weight excluding hydrogens is 206 g/mol. The summed E-state index contributed by atoms with van der Waals surface area (Å²) in [4.78, 5) is 2.69. The fourth-order valence-electron chi connectivity index (χ4n) is 3.44. The second kappa shape index (κ2) is 5.30. The molecule has 1 heterocycles. The monoisotopic (exact) mass is 239 g/mol. The summed E-state index contributed by atoms with van der Waals surface area (Å²) in [6, 6.07) is 0. The van der Waals surface area contributed by atoms with Crippen LogP contribution in [0.15, 0.2) is 0 Å². The fraction of sp³-hybridized carbons (Fsp3) is 1.00. The van der Waals surface area contributed by atoms with Crippen molar-refractivity contribution >= 4 is 0 Å². The van der Waals surface area contributed by atoms with E-state index in [9.17, 15) is 0 Å². The molecule has 0 spiro atoms. The van der Waals surface area contributed by atoms with E-state index in [1.165, 1.54) is 32.4 Å². The van der Waals surface area contributed by atoms with E-state index in [-0.39, 0.29) is 0 Å². The van der Waals surface area contributed by atoms with E-state index in [0.717, 1.165) is 11.8 Å². The van der Waals surface area contributed by atoms with E-state index in [0.29, 0.717) is 11.0 Å². The summed E-state index contributed by atoms with van der Waals surface area (Å²) < 4.78 is 0. The molecule has 102 valence electrons. The van der Waals surface area contributed by atoms with Gasteiger partial charge in [-0.25, -0.2) is 0 Å². The van der Waals surface area contributed by atoms with E-state index in [1.807, 2.05) is 0 Å². The molecule has 1 saturated heterocycles. The SMILES string of the molecule is CCCC1CN(C(C)(C)C)CCC1C(C)(C)C. The zero-order chi connectivity index (χ0) is 13.3. The molecule has 17 heavy (non-hydrogen) atoms. The number of hydrogen-bond donors (Lipinski definition) is 0. The Kier molecular flexibility index (Phi) is 4.68. The van der Waals surface area contributed by atoms with Crippen LogP contribution in [0.2, 0.25) is 0 Å². The third-order valence-electron chi connectivity index (χ3n) is 4.45. The molecule has 0 aliphatic carbocycles. The largest absolute Gasteiger partial charge is 0.298 e. The quantitative estimate of drug-likeness (QED) is 0.682. The molecular formula is C16H33N. The van der Waals surface area contributed by atoms with Gasteiger partial charge in [0.15, 0.2) is 0 Å². The van der Waals surface area contributed by atoms with Crippen molar-refractivity contribution in [3.05, 3.63) is 0 Å². The summed E-state index contributed by atoms with van der Waals surface area (Å²) in [6.45, 7) is 19.3. The lowest BCUT2D eigenvalue weighted by atomic mass is 9.68. The van der Waals surface area contributed by atoms with Crippen LogP contribution >= 0.6 is 0 Å². The highest BCUT2D eigenvalue weighted by Gasteiger charge is 2.38. The molecule has 0 N–H and O–H groups in total. The molecule has 0 bridgehead atoms. The molecule has 1 fully saturated rings. The molecule has 0 aromatic heterocycles. The van der Waals surface area contributed by atoms with Gasteiger partial charge >= 0.3 is 0 Å². The number of rotatable bonds is 2. The van der Waals surface area contributed by atoms with Gasteiger partial charge in [0.2, 0.25) is 0 Å². The van der Waals surface area contributed by atoms with Gasteiger partial charge in [-0.2, -0.15) is 0 Å². The summed E-state index contributed by atoms with van der Waals surface area (Å²) in [6.07, 6.45) is 4.11. The number of hydrogen-bond acceptors (Lipinski definition) is 1. The Morgan fingerprint density at radius 2 is 1.65 bits per heavy atom. The first-order valence-electron chi connectivity index (χ1n) is 7.41. The number of piperidine rings is 1. The van der Waals surface area contributed by atoms with Crippen LogP contribution in [0.1, 0.15) is 67.7 Å². The van der Waals surface area contributed by atoms with Gasteiger partial charge in [0.25, 0.3) is 0 Å². The van der Waals surface area contributed by atoms with Gasteiger partial charge in [-0.1, -0.05) is 34.1 Å².